The Kier molecular flexibility index (Phi) is 2.38. The topological polar surface area (TPSA) is 28.7 Å². The van der Waals surface area contributed by atoms with Gasteiger partial charge in [-0.15, -0.1) is 0 Å². The summed E-state index contributed by atoms with van der Waals surface area (Å²) in [7, 11) is 0. The maximum absolute atomic E-state index is 4.09. The first-order valence-electron chi connectivity index (χ1n) is 5.27. The molecule has 1 aromatic rings. The smallest absolute Gasteiger partial charge is 0.0522 e. The molecular formula is C11H18N2. The van der Waals surface area contributed by atoms with E-state index in [1.165, 1.54) is 36.9 Å². The number of nitrogens with one attached hydrogen (secondary N) is 1. The predicted molar refractivity (Wildman–Crippen MR) is 53.6 cm³/mol. The molecule has 0 saturated heterocycles. The van der Waals surface area contributed by atoms with Crippen molar-refractivity contribution in [3.05, 3.63) is 17.5 Å². The van der Waals surface area contributed by atoms with Gasteiger partial charge in [-0.25, -0.2) is 0 Å². The lowest BCUT2D eigenvalue weighted by Gasteiger charge is -2.22. The quantitative estimate of drug-likeness (QED) is 0.740. The van der Waals surface area contributed by atoms with Gasteiger partial charge in [0.05, 0.1) is 6.20 Å². The molecule has 1 aromatic heterocycles. The SMILES string of the molecule is CC(C)CC1CCc2cn[nH]c2C1. The molecule has 0 fully saturated rings. The number of aromatic amines is 1. The molecular weight excluding hydrogens is 160 g/mol. The number of aromatic nitrogens is 2. The third kappa shape index (κ3) is 1.93. The molecule has 0 saturated carbocycles. The second-order valence-corrected chi connectivity index (χ2v) is 4.61. The van der Waals surface area contributed by atoms with E-state index >= 15 is 0 Å². The van der Waals surface area contributed by atoms with Gasteiger partial charge < -0.3 is 0 Å². The van der Waals surface area contributed by atoms with Crippen LogP contribution in [0.2, 0.25) is 0 Å². The molecule has 1 unspecified atom stereocenters. The van der Waals surface area contributed by atoms with E-state index in [9.17, 15) is 0 Å². The molecule has 1 aliphatic rings. The summed E-state index contributed by atoms with van der Waals surface area (Å²) in [6.45, 7) is 4.62. The highest BCUT2D eigenvalue weighted by atomic mass is 15.1. The first-order chi connectivity index (χ1) is 6.25. The molecule has 13 heavy (non-hydrogen) atoms. The zero-order valence-electron chi connectivity index (χ0n) is 8.51. The second-order valence-electron chi connectivity index (χ2n) is 4.61. The van der Waals surface area contributed by atoms with E-state index in [2.05, 4.69) is 24.0 Å². The van der Waals surface area contributed by atoms with Gasteiger partial charge in [-0.3, -0.25) is 5.10 Å². The molecule has 2 heteroatoms. The van der Waals surface area contributed by atoms with Gasteiger partial charge in [0.25, 0.3) is 0 Å². The molecule has 1 N–H and O–H groups in total. The first-order valence-corrected chi connectivity index (χ1v) is 5.27. The van der Waals surface area contributed by atoms with Crippen molar-refractivity contribution in [2.24, 2.45) is 11.8 Å². The Morgan fingerprint density at radius 3 is 3.23 bits per heavy atom. The fourth-order valence-electron chi connectivity index (χ4n) is 2.35. The van der Waals surface area contributed by atoms with Crippen LogP contribution in [0.4, 0.5) is 0 Å². The third-order valence-corrected chi connectivity index (χ3v) is 2.93. The molecule has 0 aromatic carbocycles. The largest absolute Gasteiger partial charge is 0.282 e. The minimum Gasteiger partial charge on any atom is -0.282 e. The third-order valence-electron chi connectivity index (χ3n) is 2.93. The average Bonchev–Trinajstić information content (AvgIpc) is 2.49. The Labute approximate surface area is 79.7 Å². The molecule has 0 radical (unpaired) electrons. The monoisotopic (exact) mass is 178 g/mol. The molecule has 1 atom stereocenters. The standard InChI is InChI=1S/C11H18N2/c1-8(2)5-9-3-4-10-7-12-13-11(10)6-9/h7-9H,3-6H2,1-2H3,(H,12,13). The van der Waals surface area contributed by atoms with Gasteiger partial charge in [0.1, 0.15) is 0 Å². The summed E-state index contributed by atoms with van der Waals surface area (Å²) in [5.74, 6) is 1.71. The zero-order chi connectivity index (χ0) is 9.26. The molecule has 0 aliphatic heterocycles. The van der Waals surface area contributed by atoms with Crippen LogP contribution in [0.3, 0.4) is 0 Å². The van der Waals surface area contributed by atoms with E-state index in [1.54, 1.807) is 0 Å². The van der Waals surface area contributed by atoms with Crippen LogP contribution in [0.15, 0.2) is 6.20 Å². The Morgan fingerprint density at radius 1 is 1.62 bits per heavy atom. The summed E-state index contributed by atoms with van der Waals surface area (Å²) in [4.78, 5) is 0. The number of H-pyrrole nitrogens is 1. The van der Waals surface area contributed by atoms with Gasteiger partial charge in [-0.2, -0.15) is 5.10 Å². The van der Waals surface area contributed by atoms with Crippen molar-refractivity contribution >= 4 is 0 Å². The first kappa shape index (κ1) is 8.79. The van der Waals surface area contributed by atoms with Crippen molar-refractivity contribution in [1.82, 2.24) is 10.2 Å². The summed E-state index contributed by atoms with van der Waals surface area (Å²) < 4.78 is 0. The summed E-state index contributed by atoms with van der Waals surface area (Å²) in [5, 5.41) is 7.20. The van der Waals surface area contributed by atoms with Crippen LogP contribution < -0.4 is 0 Å². The van der Waals surface area contributed by atoms with E-state index < -0.39 is 0 Å². The van der Waals surface area contributed by atoms with Crippen molar-refractivity contribution in [1.29, 1.82) is 0 Å². The highest BCUT2D eigenvalue weighted by Crippen LogP contribution is 2.27. The number of fused-ring (bicyclic) bond motifs is 1. The highest BCUT2D eigenvalue weighted by molar-refractivity contribution is 5.19. The van der Waals surface area contributed by atoms with E-state index in [4.69, 9.17) is 0 Å². The van der Waals surface area contributed by atoms with E-state index in [-0.39, 0.29) is 0 Å². The van der Waals surface area contributed by atoms with Crippen LogP contribution in [0.5, 0.6) is 0 Å². The molecule has 72 valence electrons. The number of nitrogens with zero attached hydrogens (tertiary/aromatic N) is 1. The minimum absolute atomic E-state index is 0.828. The minimum atomic E-state index is 0.828. The average molecular weight is 178 g/mol. The normalized spacial score (nSPS) is 21.9. The number of hydrogen-bond acceptors (Lipinski definition) is 1. The molecule has 0 spiro atoms. The fourth-order valence-corrected chi connectivity index (χ4v) is 2.35. The molecule has 0 bridgehead atoms. The van der Waals surface area contributed by atoms with E-state index in [0.717, 1.165) is 11.8 Å². The number of aryl methyl sites for hydroxylation is 1. The summed E-state index contributed by atoms with van der Waals surface area (Å²) in [6, 6.07) is 0. The molecule has 1 aliphatic carbocycles. The Morgan fingerprint density at radius 2 is 2.46 bits per heavy atom. The van der Waals surface area contributed by atoms with Crippen molar-refractivity contribution in [2.75, 3.05) is 0 Å². The lowest BCUT2D eigenvalue weighted by Crippen LogP contribution is -2.15. The Hall–Kier alpha value is -0.790. The van der Waals surface area contributed by atoms with E-state index in [0.29, 0.717) is 0 Å². The Balaban J connectivity index is 2.00. The number of rotatable bonds is 2. The van der Waals surface area contributed by atoms with Crippen molar-refractivity contribution in [3.63, 3.8) is 0 Å². The summed E-state index contributed by atoms with van der Waals surface area (Å²) >= 11 is 0. The van der Waals surface area contributed by atoms with Crippen molar-refractivity contribution in [2.45, 2.75) is 39.5 Å². The van der Waals surface area contributed by atoms with Crippen LogP contribution in [-0.2, 0) is 12.8 Å². The fraction of sp³-hybridized carbons (Fsp3) is 0.727. The van der Waals surface area contributed by atoms with Gasteiger partial charge in [0.15, 0.2) is 0 Å². The van der Waals surface area contributed by atoms with Gasteiger partial charge in [0, 0.05) is 5.69 Å². The number of hydrogen-bond donors (Lipinski definition) is 1. The van der Waals surface area contributed by atoms with Crippen LogP contribution >= 0.6 is 0 Å². The van der Waals surface area contributed by atoms with Gasteiger partial charge in [0.2, 0.25) is 0 Å². The van der Waals surface area contributed by atoms with Gasteiger partial charge in [-0.05, 0) is 43.1 Å². The van der Waals surface area contributed by atoms with Gasteiger partial charge >= 0.3 is 0 Å². The zero-order valence-corrected chi connectivity index (χ0v) is 8.51. The van der Waals surface area contributed by atoms with Crippen LogP contribution in [0.1, 0.15) is 37.9 Å². The predicted octanol–water partition coefficient (Wildman–Crippen LogP) is 2.56. The van der Waals surface area contributed by atoms with Crippen LogP contribution in [-0.4, -0.2) is 10.2 Å². The van der Waals surface area contributed by atoms with E-state index in [1.807, 2.05) is 6.20 Å². The van der Waals surface area contributed by atoms with Crippen molar-refractivity contribution < 1.29 is 0 Å². The van der Waals surface area contributed by atoms with Crippen molar-refractivity contribution in [3.8, 4) is 0 Å². The molecule has 1 heterocycles. The highest BCUT2D eigenvalue weighted by Gasteiger charge is 2.20. The summed E-state index contributed by atoms with van der Waals surface area (Å²) in [5.41, 5.74) is 2.83. The maximum Gasteiger partial charge on any atom is 0.0522 e. The molecule has 2 rings (SSSR count). The lowest BCUT2D eigenvalue weighted by molar-refractivity contribution is 0.367. The maximum atomic E-state index is 4.09. The van der Waals surface area contributed by atoms with Crippen LogP contribution in [0, 0.1) is 11.8 Å². The van der Waals surface area contributed by atoms with Crippen LogP contribution in [0.25, 0.3) is 0 Å². The Bertz CT molecular complexity index is 275. The summed E-state index contributed by atoms with van der Waals surface area (Å²) in [6.07, 6.45) is 7.14. The lowest BCUT2D eigenvalue weighted by atomic mass is 9.83. The van der Waals surface area contributed by atoms with Gasteiger partial charge in [-0.1, -0.05) is 13.8 Å². The molecule has 0 amide bonds. The molecule has 2 nitrogen and oxygen atoms in total. The second kappa shape index (κ2) is 3.52.